The number of hydrogen-bond acceptors (Lipinski definition) is 1. The molecule has 0 radical (unpaired) electrons. The van der Waals surface area contributed by atoms with Crippen LogP contribution in [0.3, 0.4) is 0 Å². The lowest BCUT2D eigenvalue weighted by Gasteiger charge is -2.71. The van der Waals surface area contributed by atoms with Gasteiger partial charge in [0, 0.05) is 0 Å². The average molecular weight is 427 g/mol. The van der Waals surface area contributed by atoms with Gasteiger partial charge in [0.25, 0.3) is 0 Å². The van der Waals surface area contributed by atoms with Crippen molar-refractivity contribution in [3.63, 3.8) is 0 Å². The Kier molecular flexibility index (Phi) is 4.82. The number of aliphatic hydroxyl groups excluding tert-OH is 1. The highest BCUT2D eigenvalue weighted by Crippen LogP contribution is 2.75. The van der Waals surface area contributed by atoms with Crippen LogP contribution in [0.1, 0.15) is 113 Å². The summed E-state index contributed by atoms with van der Waals surface area (Å²) in [6, 6.07) is 0. The van der Waals surface area contributed by atoms with Crippen molar-refractivity contribution in [1.29, 1.82) is 0 Å². The molecule has 4 fully saturated rings. The summed E-state index contributed by atoms with van der Waals surface area (Å²) < 4.78 is 0. The van der Waals surface area contributed by atoms with Crippen molar-refractivity contribution in [1.82, 2.24) is 0 Å². The maximum Gasteiger partial charge on any atom is 0.0594 e. The number of hydrogen-bond donors (Lipinski definition) is 1. The first-order valence-electron chi connectivity index (χ1n) is 13.7. The molecular weight excluding hydrogens is 376 g/mol. The van der Waals surface area contributed by atoms with E-state index in [4.69, 9.17) is 0 Å². The zero-order valence-electron chi connectivity index (χ0n) is 21.9. The van der Waals surface area contributed by atoms with Gasteiger partial charge in [0.15, 0.2) is 0 Å². The molecule has 0 amide bonds. The van der Waals surface area contributed by atoms with E-state index in [1.54, 1.807) is 0 Å². The van der Waals surface area contributed by atoms with Gasteiger partial charge >= 0.3 is 0 Å². The molecule has 4 saturated carbocycles. The van der Waals surface area contributed by atoms with Crippen LogP contribution < -0.4 is 0 Å². The zero-order valence-corrected chi connectivity index (χ0v) is 21.9. The minimum atomic E-state index is -0.125. The number of rotatable bonds is 0. The summed E-state index contributed by atoms with van der Waals surface area (Å²) in [7, 11) is 0. The first-order valence-corrected chi connectivity index (χ1v) is 13.7. The molecule has 5 aliphatic carbocycles. The Morgan fingerprint density at radius 3 is 2.23 bits per heavy atom. The van der Waals surface area contributed by atoms with Crippen LogP contribution in [-0.2, 0) is 0 Å². The molecule has 1 N–H and O–H groups in total. The lowest BCUT2D eigenvalue weighted by atomic mass is 9.33. The summed E-state index contributed by atoms with van der Waals surface area (Å²) in [4.78, 5) is 0. The van der Waals surface area contributed by atoms with Gasteiger partial charge in [-0.2, -0.15) is 0 Å². The van der Waals surface area contributed by atoms with Crippen LogP contribution in [0.25, 0.3) is 0 Å². The van der Waals surface area contributed by atoms with Crippen LogP contribution in [0.15, 0.2) is 11.6 Å². The quantitative estimate of drug-likeness (QED) is 0.389. The van der Waals surface area contributed by atoms with Crippen LogP contribution in [-0.4, -0.2) is 11.2 Å². The second-order valence-electron chi connectivity index (χ2n) is 14.7. The fraction of sp³-hybridized carbons (Fsp3) is 0.933. The molecule has 0 unspecified atom stereocenters. The van der Waals surface area contributed by atoms with Crippen LogP contribution in [0.5, 0.6) is 0 Å². The van der Waals surface area contributed by atoms with Crippen molar-refractivity contribution in [2.45, 2.75) is 119 Å². The first kappa shape index (κ1) is 22.5. The molecule has 0 aromatic heterocycles. The largest absolute Gasteiger partial charge is 0.393 e. The summed E-state index contributed by atoms with van der Waals surface area (Å²) in [5.74, 6) is 3.90. The summed E-state index contributed by atoms with van der Waals surface area (Å²) in [5, 5.41) is 10.9. The van der Waals surface area contributed by atoms with Crippen LogP contribution >= 0.6 is 0 Å². The highest BCUT2D eigenvalue weighted by atomic mass is 16.3. The van der Waals surface area contributed by atoms with E-state index in [1.807, 2.05) is 5.57 Å². The molecule has 0 aliphatic heterocycles. The molecule has 176 valence electrons. The maximum absolute atomic E-state index is 10.9. The van der Waals surface area contributed by atoms with Crippen LogP contribution in [0.4, 0.5) is 0 Å². The third-order valence-electron chi connectivity index (χ3n) is 13.4. The molecule has 0 saturated heterocycles. The van der Waals surface area contributed by atoms with Gasteiger partial charge in [-0.05, 0) is 114 Å². The fourth-order valence-electron chi connectivity index (χ4n) is 10.8. The number of allylic oxidation sites excluding steroid dienone is 2. The van der Waals surface area contributed by atoms with E-state index in [1.165, 1.54) is 51.4 Å². The van der Waals surface area contributed by atoms with Crippen LogP contribution in [0.2, 0.25) is 0 Å². The van der Waals surface area contributed by atoms with Crippen molar-refractivity contribution in [2.75, 3.05) is 0 Å². The molecule has 31 heavy (non-hydrogen) atoms. The molecule has 5 aliphatic rings. The molecule has 0 spiro atoms. The number of aliphatic hydroxyl groups is 1. The normalized spacial score (nSPS) is 58.3. The molecule has 0 aromatic rings. The molecular formula is C30H50O. The Hall–Kier alpha value is -0.300. The van der Waals surface area contributed by atoms with Gasteiger partial charge in [-0.1, -0.05) is 67.0 Å². The van der Waals surface area contributed by atoms with Crippen molar-refractivity contribution < 1.29 is 5.11 Å². The third-order valence-corrected chi connectivity index (χ3v) is 13.4. The predicted molar refractivity (Wildman–Crippen MR) is 131 cm³/mol. The Morgan fingerprint density at radius 2 is 1.52 bits per heavy atom. The molecule has 10 atom stereocenters. The van der Waals surface area contributed by atoms with Crippen molar-refractivity contribution in [3.05, 3.63) is 11.6 Å². The molecule has 0 aromatic carbocycles. The zero-order chi connectivity index (χ0) is 22.6. The van der Waals surface area contributed by atoms with E-state index >= 15 is 0 Å². The minimum Gasteiger partial charge on any atom is -0.393 e. The highest BCUT2D eigenvalue weighted by Gasteiger charge is 2.67. The summed E-state index contributed by atoms with van der Waals surface area (Å²) in [6.45, 7) is 20.5. The maximum atomic E-state index is 10.9. The highest BCUT2D eigenvalue weighted by molar-refractivity contribution is 5.33. The lowest BCUT2D eigenvalue weighted by Crippen LogP contribution is -2.64. The van der Waals surface area contributed by atoms with Crippen LogP contribution in [0, 0.1) is 56.7 Å². The van der Waals surface area contributed by atoms with E-state index in [0.29, 0.717) is 27.6 Å². The van der Waals surface area contributed by atoms with Gasteiger partial charge in [-0.25, -0.2) is 0 Å². The second kappa shape index (κ2) is 6.64. The Morgan fingerprint density at radius 1 is 0.806 bits per heavy atom. The first-order chi connectivity index (χ1) is 14.3. The number of fused-ring (bicyclic) bond motifs is 7. The van der Waals surface area contributed by atoms with Crippen molar-refractivity contribution >= 4 is 0 Å². The van der Waals surface area contributed by atoms with Gasteiger partial charge in [0.2, 0.25) is 0 Å². The summed E-state index contributed by atoms with van der Waals surface area (Å²) in [5.41, 5.74) is 3.60. The average Bonchev–Trinajstić information content (AvgIpc) is 2.69. The van der Waals surface area contributed by atoms with Crippen molar-refractivity contribution in [3.8, 4) is 0 Å². The Balaban J connectivity index is 1.59. The van der Waals surface area contributed by atoms with E-state index in [0.717, 1.165) is 30.1 Å². The van der Waals surface area contributed by atoms with E-state index in [9.17, 15) is 5.11 Å². The smallest absolute Gasteiger partial charge is 0.0594 e. The Bertz CT molecular complexity index is 779. The van der Waals surface area contributed by atoms with Gasteiger partial charge < -0.3 is 5.11 Å². The molecule has 0 bridgehead atoms. The van der Waals surface area contributed by atoms with Gasteiger partial charge in [0.05, 0.1) is 6.10 Å². The van der Waals surface area contributed by atoms with Crippen molar-refractivity contribution in [2.24, 2.45) is 56.7 Å². The summed E-state index contributed by atoms with van der Waals surface area (Å²) >= 11 is 0. The van der Waals surface area contributed by atoms with E-state index in [-0.39, 0.29) is 11.5 Å². The molecule has 1 nitrogen and oxygen atoms in total. The molecule has 0 heterocycles. The minimum absolute atomic E-state index is 0.0533. The van der Waals surface area contributed by atoms with Gasteiger partial charge in [-0.15, -0.1) is 0 Å². The monoisotopic (exact) mass is 426 g/mol. The summed E-state index contributed by atoms with van der Waals surface area (Å²) in [6.07, 6.45) is 14.5. The van der Waals surface area contributed by atoms with Gasteiger partial charge in [-0.3, -0.25) is 0 Å². The topological polar surface area (TPSA) is 20.2 Å². The Labute approximate surface area is 192 Å². The second-order valence-corrected chi connectivity index (χ2v) is 14.7. The van der Waals surface area contributed by atoms with E-state index < -0.39 is 0 Å². The molecule has 1 heteroatoms. The van der Waals surface area contributed by atoms with Gasteiger partial charge in [0.1, 0.15) is 0 Å². The third kappa shape index (κ3) is 2.65. The standard InChI is InChI=1S/C30H50O/c1-19-11-14-27(5)17-18-29(7)21(25(27)20(19)2)9-10-23-28(6)15-13-24(31)26(3,4)22(28)12-16-30(23,29)8/h9,19-20,22-25,31H,10-18H2,1-8H3/t19-,20+,22+,23-,24+,25+,27-,28+,29-,30-/m1/s1. The predicted octanol–water partition coefficient (Wildman–Crippen LogP) is 8.02. The SMILES string of the molecule is C[C@H]1[C@H](C)CC[C@]2(C)CC[C@]3(C)C(=CC[C@@H]4[C@@]5(C)CC[C@H](O)C(C)(C)[C@@H]5CC[C@]43C)[C@H]12. The lowest BCUT2D eigenvalue weighted by molar-refractivity contribution is -0.203. The molecule has 5 rings (SSSR count). The van der Waals surface area contributed by atoms with E-state index in [2.05, 4.69) is 61.5 Å². The fourth-order valence-corrected chi connectivity index (χ4v) is 10.8.